The van der Waals surface area contributed by atoms with Crippen LogP contribution in [-0.4, -0.2) is 11.3 Å². The summed E-state index contributed by atoms with van der Waals surface area (Å²) >= 11 is 20.2. The molecule has 76 valence electrons. The molecule has 0 saturated carbocycles. The Hall–Kier alpha value is 0.0400. The predicted molar refractivity (Wildman–Crippen MR) is 60.9 cm³/mol. The van der Waals surface area contributed by atoms with Crippen LogP contribution in [0.1, 0.15) is 0 Å². The first-order valence-electron chi connectivity index (χ1n) is 3.46. The second kappa shape index (κ2) is 5.21. The second-order valence-electron chi connectivity index (χ2n) is 2.28. The first kappa shape index (κ1) is 12.1. The van der Waals surface area contributed by atoms with E-state index in [0.717, 1.165) is 0 Å². The lowest BCUT2D eigenvalue weighted by Crippen LogP contribution is -2.08. The molecule has 0 fully saturated rings. The number of carbonyl (C=O) groups excluding carboxylic acids is 1. The quantitative estimate of drug-likeness (QED) is 0.357. The lowest BCUT2D eigenvalue weighted by Gasteiger charge is -2.06. The third kappa shape index (κ3) is 2.76. The maximum Gasteiger partial charge on any atom is 0.322 e. The van der Waals surface area contributed by atoms with Crippen molar-refractivity contribution in [2.24, 2.45) is 0 Å². The molecule has 0 heterocycles. The van der Waals surface area contributed by atoms with E-state index < -0.39 is 5.97 Å². The Morgan fingerprint density at radius 1 is 1.29 bits per heavy atom. The van der Waals surface area contributed by atoms with Gasteiger partial charge in [0.05, 0.1) is 10.0 Å². The molecule has 0 aliphatic rings. The minimum absolute atomic E-state index is 0.0869. The summed E-state index contributed by atoms with van der Waals surface area (Å²) in [6.45, 7) is 0. The van der Waals surface area contributed by atoms with E-state index in [-0.39, 0.29) is 21.1 Å². The van der Waals surface area contributed by atoms with Gasteiger partial charge in [0.1, 0.15) is 10.4 Å². The fraction of sp³-hybridized carbons (Fsp3) is 0.125. The molecule has 0 spiro atoms. The highest BCUT2D eigenvalue weighted by Crippen LogP contribution is 2.37. The van der Waals surface area contributed by atoms with Crippen molar-refractivity contribution in [3.63, 3.8) is 0 Å². The van der Waals surface area contributed by atoms with Crippen molar-refractivity contribution >= 4 is 56.7 Å². The average Bonchev–Trinajstić information content (AvgIpc) is 2.19. The van der Waals surface area contributed by atoms with E-state index in [0.29, 0.717) is 5.02 Å². The molecular formula is C8H4BrCl3O2. The topological polar surface area (TPSA) is 26.3 Å². The number of benzene rings is 1. The van der Waals surface area contributed by atoms with Crippen molar-refractivity contribution in [3.05, 3.63) is 27.2 Å². The van der Waals surface area contributed by atoms with Crippen LogP contribution in [0.3, 0.4) is 0 Å². The number of esters is 1. The van der Waals surface area contributed by atoms with E-state index in [4.69, 9.17) is 39.5 Å². The van der Waals surface area contributed by atoms with Crippen molar-refractivity contribution in [1.29, 1.82) is 0 Å². The molecule has 0 saturated heterocycles. The van der Waals surface area contributed by atoms with Gasteiger partial charge in [0.15, 0.2) is 5.75 Å². The molecule has 0 atom stereocenters. The Labute approximate surface area is 104 Å². The molecular weight excluding hydrogens is 314 g/mol. The first-order chi connectivity index (χ1) is 6.56. The fourth-order valence-corrected chi connectivity index (χ4v) is 1.42. The first-order valence-corrected chi connectivity index (χ1v) is 5.72. The molecule has 14 heavy (non-hydrogen) atoms. The number of halogens is 4. The molecule has 0 aromatic heterocycles. The number of carbonyl (C=O) groups is 1. The summed E-state index contributed by atoms with van der Waals surface area (Å²) in [4.78, 5) is 10.9. The number of hydrogen-bond donors (Lipinski definition) is 0. The van der Waals surface area contributed by atoms with Gasteiger partial charge in [-0.2, -0.15) is 0 Å². The lowest BCUT2D eigenvalue weighted by molar-refractivity contribution is -0.131. The summed E-state index contributed by atoms with van der Waals surface area (Å²) < 4.78 is 4.87. The van der Waals surface area contributed by atoms with Gasteiger partial charge in [0, 0.05) is 0 Å². The maximum atomic E-state index is 10.9. The monoisotopic (exact) mass is 316 g/mol. The van der Waals surface area contributed by atoms with Gasteiger partial charge < -0.3 is 4.74 Å². The molecule has 0 radical (unpaired) electrons. The highest BCUT2D eigenvalue weighted by molar-refractivity contribution is 9.09. The van der Waals surface area contributed by atoms with Crippen LogP contribution in [0.25, 0.3) is 0 Å². The van der Waals surface area contributed by atoms with Crippen LogP contribution in [0.5, 0.6) is 5.75 Å². The molecule has 0 aliphatic carbocycles. The second-order valence-corrected chi connectivity index (χ2v) is 4.01. The van der Waals surface area contributed by atoms with Gasteiger partial charge in [-0.1, -0.05) is 50.7 Å². The lowest BCUT2D eigenvalue weighted by atomic mass is 10.3. The summed E-state index contributed by atoms with van der Waals surface area (Å²) in [7, 11) is 0. The average molecular weight is 318 g/mol. The van der Waals surface area contributed by atoms with Crippen LogP contribution in [0.2, 0.25) is 15.1 Å². The van der Waals surface area contributed by atoms with E-state index >= 15 is 0 Å². The van der Waals surface area contributed by atoms with E-state index in [1.165, 1.54) is 12.1 Å². The zero-order valence-electron chi connectivity index (χ0n) is 6.69. The van der Waals surface area contributed by atoms with E-state index in [1.54, 1.807) is 0 Å². The van der Waals surface area contributed by atoms with Crippen molar-refractivity contribution in [3.8, 4) is 5.75 Å². The van der Waals surface area contributed by atoms with E-state index in [1.807, 2.05) is 0 Å². The molecule has 0 bridgehead atoms. The van der Waals surface area contributed by atoms with E-state index in [9.17, 15) is 4.79 Å². The Morgan fingerprint density at radius 3 is 2.50 bits per heavy atom. The third-order valence-corrected chi connectivity index (χ3v) is 3.07. The molecule has 0 unspecified atom stereocenters. The number of ether oxygens (including phenoxy) is 1. The van der Waals surface area contributed by atoms with Gasteiger partial charge in [-0.3, -0.25) is 4.79 Å². The molecule has 1 rings (SSSR count). The Morgan fingerprint density at radius 2 is 1.93 bits per heavy atom. The third-order valence-electron chi connectivity index (χ3n) is 1.33. The summed E-state index contributed by atoms with van der Waals surface area (Å²) in [6.07, 6.45) is 0. The number of alkyl halides is 1. The van der Waals surface area contributed by atoms with Gasteiger partial charge in [-0.15, -0.1) is 0 Å². The minimum Gasteiger partial charge on any atom is -0.424 e. The standard InChI is InChI=1S/C8H4BrCl3O2/c9-3-6(13)14-5-2-1-4(10)7(11)8(5)12/h1-2H,3H2. The summed E-state index contributed by atoms with van der Waals surface area (Å²) in [5.74, 6) is -0.254. The van der Waals surface area contributed by atoms with Crippen molar-refractivity contribution < 1.29 is 9.53 Å². The predicted octanol–water partition coefficient (Wildman–Crippen LogP) is 3.95. The van der Waals surface area contributed by atoms with Crippen LogP contribution >= 0.6 is 50.7 Å². The SMILES string of the molecule is O=C(CBr)Oc1ccc(Cl)c(Cl)c1Cl. The molecule has 2 nitrogen and oxygen atoms in total. The summed E-state index contributed by atoms with van der Waals surface area (Å²) in [5, 5.41) is 0.709. The van der Waals surface area contributed by atoms with Gasteiger partial charge in [0.2, 0.25) is 0 Å². The Bertz CT molecular complexity index is 368. The van der Waals surface area contributed by atoms with Gasteiger partial charge in [0.25, 0.3) is 0 Å². The van der Waals surface area contributed by atoms with Crippen molar-refractivity contribution in [2.75, 3.05) is 5.33 Å². The smallest absolute Gasteiger partial charge is 0.322 e. The van der Waals surface area contributed by atoms with Crippen LogP contribution in [0, 0.1) is 0 Å². The number of rotatable bonds is 2. The fourth-order valence-electron chi connectivity index (χ4n) is 0.737. The molecule has 0 N–H and O–H groups in total. The minimum atomic E-state index is -0.453. The van der Waals surface area contributed by atoms with Crippen LogP contribution in [0.15, 0.2) is 12.1 Å². The Kier molecular flexibility index (Phi) is 4.51. The van der Waals surface area contributed by atoms with Crippen LogP contribution in [0.4, 0.5) is 0 Å². The molecule has 0 amide bonds. The summed E-state index contributed by atoms with van der Waals surface area (Å²) in [6, 6.07) is 2.99. The number of hydrogen-bond acceptors (Lipinski definition) is 2. The Balaban J connectivity index is 3.00. The van der Waals surface area contributed by atoms with Crippen LogP contribution in [-0.2, 0) is 4.79 Å². The van der Waals surface area contributed by atoms with Gasteiger partial charge in [-0.25, -0.2) is 0 Å². The highest BCUT2D eigenvalue weighted by Gasteiger charge is 2.12. The largest absolute Gasteiger partial charge is 0.424 e. The summed E-state index contributed by atoms with van der Waals surface area (Å²) in [5.41, 5.74) is 0. The zero-order chi connectivity index (χ0) is 10.7. The van der Waals surface area contributed by atoms with Crippen LogP contribution < -0.4 is 4.74 Å². The molecule has 0 aliphatic heterocycles. The molecule has 6 heteroatoms. The van der Waals surface area contributed by atoms with Gasteiger partial charge in [-0.05, 0) is 12.1 Å². The van der Waals surface area contributed by atoms with Crippen molar-refractivity contribution in [1.82, 2.24) is 0 Å². The van der Waals surface area contributed by atoms with Gasteiger partial charge >= 0.3 is 5.97 Å². The molecule has 1 aromatic rings. The molecule has 1 aromatic carbocycles. The maximum absolute atomic E-state index is 10.9. The zero-order valence-corrected chi connectivity index (χ0v) is 10.5. The normalized spacial score (nSPS) is 10.0. The highest BCUT2D eigenvalue weighted by atomic mass is 79.9. The van der Waals surface area contributed by atoms with Crippen molar-refractivity contribution in [2.45, 2.75) is 0 Å². The van der Waals surface area contributed by atoms with E-state index in [2.05, 4.69) is 15.9 Å².